The van der Waals surface area contributed by atoms with Gasteiger partial charge in [-0.3, -0.25) is 9.59 Å². The average Bonchev–Trinajstić information content (AvgIpc) is 2.74. The third kappa shape index (κ3) is 5.54. The van der Waals surface area contributed by atoms with Gasteiger partial charge in [0.2, 0.25) is 0 Å². The maximum Gasteiger partial charge on any atom is 0.271 e. The maximum absolute atomic E-state index is 12.4. The molecule has 0 unspecified atom stereocenters. The Hall–Kier alpha value is -3.93. The third-order valence-electron chi connectivity index (χ3n) is 4.46. The van der Waals surface area contributed by atoms with Gasteiger partial charge < -0.3 is 10.2 Å². The van der Waals surface area contributed by atoms with Crippen LogP contribution in [0.2, 0.25) is 0 Å². The molecule has 0 saturated carbocycles. The molecule has 0 fully saturated rings. The molecule has 2 amide bonds. The Labute approximate surface area is 176 Å². The molecule has 3 aromatic rings. The van der Waals surface area contributed by atoms with Gasteiger partial charge in [-0.1, -0.05) is 35.9 Å². The standard InChI is InChI=1S/C24H24N4O2/c1-17-10-12-19(13-11-17)23(29)26-21-8-4-6-18(14-21)16-25-27-24(30)20-7-5-9-22(15-20)28(2)3/h4-16H,1-3H3,(H,26,29)(H,27,30)/b25-16+. The van der Waals surface area contributed by atoms with Crippen LogP contribution in [0.1, 0.15) is 31.8 Å². The van der Waals surface area contributed by atoms with Gasteiger partial charge in [-0.15, -0.1) is 0 Å². The van der Waals surface area contributed by atoms with Crippen LogP contribution in [-0.4, -0.2) is 32.1 Å². The fourth-order valence-electron chi connectivity index (χ4n) is 2.76. The number of hydrogen-bond acceptors (Lipinski definition) is 4. The Bertz CT molecular complexity index is 1070. The maximum atomic E-state index is 12.4. The summed E-state index contributed by atoms with van der Waals surface area (Å²) in [5, 5.41) is 6.90. The Morgan fingerprint density at radius 1 is 0.867 bits per heavy atom. The fourth-order valence-corrected chi connectivity index (χ4v) is 2.76. The van der Waals surface area contributed by atoms with E-state index < -0.39 is 0 Å². The predicted octanol–water partition coefficient (Wildman–Crippen LogP) is 4.08. The molecule has 30 heavy (non-hydrogen) atoms. The second-order valence-corrected chi connectivity index (χ2v) is 7.09. The van der Waals surface area contributed by atoms with E-state index in [9.17, 15) is 9.59 Å². The molecule has 0 aromatic heterocycles. The summed E-state index contributed by atoms with van der Waals surface area (Å²) in [6.45, 7) is 1.97. The van der Waals surface area contributed by atoms with E-state index in [4.69, 9.17) is 0 Å². The van der Waals surface area contributed by atoms with Crippen molar-refractivity contribution in [1.29, 1.82) is 0 Å². The van der Waals surface area contributed by atoms with Crippen molar-refractivity contribution in [3.05, 3.63) is 95.1 Å². The molecule has 152 valence electrons. The Morgan fingerprint density at radius 3 is 2.33 bits per heavy atom. The molecular weight excluding hydrogens is 376 g/mol. The van der Waals surface area contributed by atoms with Crippen LogP contribution >= 0.6 is 0 Å². The van der Waals surface area contributed by atoms with Crippen molar-refractivity contribution in [3.8, 4) is 0 Å². The number of hydrogen-bond donors (Lipinski definition) is 2. The number of rotatable bonds is 6. The summed E-state index contributed by atoms with van der Waals surface area (Å²) in [6.07, 6.45) is 1.54. The minimum absolute atomic E-state index is 0.182. The highest BCUT2D eigenvalue weighted by Crippen LogP contribution is 2.14. The first kappa shape index (κ1) is 20.8. The number of carbonyl (C=O) groups excluding carboxylic acids is 2. The van der Waals surface area contributed by atoms with Crippen molar-refractivity contribution in [2.75, 3.05) is 24.3 Å². The molecule has 2 N–H and O–H groups in total. The minimum Gasteiger partial charge on any atom is -0.378 e. The van der Waals surface area contributed by atoms with Crippen molar-refractivity contribution < 1.29 is 9.59 Å². The van der Waals surface area contributed by atoms with Gasteiger partial charge in [0, 0.05) is 36.6 Å². The molecule has 3 aromatic carbocycles. The number of benzene rings is 3. The van der Waals surface area contributed by atoms with Gasteiger partial charge in [0.15, 0.2) is 0 Å². The number of amides is 2. The van der Waals surface area contributed by atoms with Crippen molar-refractivity contribution in [2.45, 2.75) is 6.92 Å². The molecule has 3 rings (SSSR count). The molecular formula is C24H24N4O2. The smallest absolute Gasteiger partial charge is 0.271 e. The zero-order valence-electron chi connectivity index (χ0n) is 17.2. The first-order valence-electron chi connectivity index (χ1n) is 9.51. The molecule has 0 aliphatic carbocycles. The lowest BCUT2D eigenvalue weighted by molar-refractivity contribution is 0.0954. The van der Waals surface area contributed by atoms with Crippen molar-refractivity contribution in [1.82, 2.24) is 5.43 Å². The first-order chi connectivity index (χ1) is 14.4. The van der Waals surface area contributed by atoms with E-state index in [1.807, 2.05) is 62.3 Å². The van der Waals surface area contributed by atoms with Crippen LogP contribution < -0.4 is 15.6 Å². The topological polar surface area (TPSA) is 73.8 Å². The lowest BCUT2D eigenvalue weighted by Crippen LogP contribution is -2.18. The second kappa shape index (κ2) is 9.52. The van der Waals surface area contributed by atoms with Crippen LogP contribution in [0.4, 0.5) is 11.4 Å². The molecule has 0 bridgehead atoms. The molecule has 6 heteroatoms. The lowest BCUT2D eigenvalue weighted by atomic mass is 10.1. The summed E-state index contributed by atoms with van der Waals surface area (Å²) < 4.78 is 0. The summed E-state index contributed by atoms with van der Waals surface area (Å²) in [6, 6.07) is 21.9. The van der Waals surface area contributed by atoms with Crippen LogP contribution in [-0.2, 0) is 0 Å². The van der Waals surface area contributed by atoms with E-state index in [0.29, 0.717) is 16.8 Å². The van der Waals surface area contributed by atoms with Crippen LogP contribution in [0.3, 0.4) is 0 Å². The monoisotopic (exact) mass is 400 g/mol. The molecule has 0 atom stereocenters. The van der Waals surface area contributed by atoms with Crippen molar-refractivity contribution in [2.24, 2.45) is 5.10 Å². The van der Waals surface area contributed by atoms with Crippen molar-refractivity contribution >= 4 is 29.4 Å². The zero-order chi connectivity index (χ0) is 21.5. The minimum atomic E-state index is -0.293. The van der Waals surface area contributed by atoms with Crippen LogP contribution in [0.15, 0.2) is 77.9 Å². The quantitative estimate of drug-likeness (QED) is 0.484. The van der Waals surface area contributed by atoms with E-state index in [2.05, 4.69) is 15.8 Å². The highest BCUT2D eigenvalue weighted by molar-refractivity contribution is 6.04. The summed E-state index contributed by atoms with van der Waals surface area (Å²) in [5.41, 5.74) is 7.07. The van der Waals surface area contributed by atoms with Gasteiger partial charge in [0.1, 0.15) is 0 Å². The molecule has 0 saturated heterocycles. The van der Waals surface area contributed by atoms with Crippen LogP contribution in [0.5, 0.6) is 0 Å². The summed E-state index contributed by atoms with van der Waals surface area (Å²) >= 11 is 0. The van der Waals surface area contributed by atoms with Crippen LogP contribution in [0.25, 0.3) is 0 Å². The van der Waals surface area contributed by atoms with Crippen molar-refractivity contribution in [3.63, 3.8) is 0 Å². The Balaban J connectivity index is 1.62. The van der Waals surface area contributed by atoms with Gasteiger partial charge in [-0.2, -0.15) is 5.10 Å². The van der Waals surface area contributed by atoms with Gasteiger partial charge in [-0.05, 0) is 55.0 Å². The Kier molecular flexibility index (Phi) is 6.60. The number of carbonyl (C=O) groups is 2. The molecule has 0 aliphatic heterocycles. The highest BCUT2D eigenvalue weighted by atomic mass is 16.2. The number of anilines is 2. The molecule has 6 nitrogen and oxygen atoms in total. The third-order valence-corrected chi connectivity index (χ3v) is 4.46. The summed E-state index contributed by atoms with van der Waals surface area (Å²) in [4.78, 5) is 26.6. The van der Waals surface area contributed by atoms with E-state index in [1.54, 1.807) is 36.4 Å². The van der Waals surface area contributed by atoms with E-state index in [-0.39, 0.29) is 11.8 Å². The summed E-state index contributed by atoms with van der Waals surface area (Å²) in [7, 11) is 3.83. The fraction of sp³-hybridized carbons (Fsp3) is 0.125. The van der Waals surface area contributed by atoms with E-state index in [0.717, 1.165) is 16.8 Å². The van der Waals surface area contributed by atoms with E-state index in [1.165, 1.54) is 6.21 Å². The van der Waals surface area contributed by atoms with Gasteiger partial charge in [0.05, 0.1) is 6.21 Å². The number of hydrazone groups is 1. The number of aryl methyl sites for hydroxylation is 1. The SMILES string of the molecule is Cc1ccc(C(=O)Nc2cccc(/C=N/NC(=O)c3cccc(N(C)C)c3)c2)cc1. The Morgan fingerprint density at radius 2 is 1.60 bits per heavy atom. The van der Waals surface area contributed by atoms with Crippen LogP contribution in [0, 0.1) is 6.92 Å². The van der Waals surface area contributed by atoms with Gasteiger partial charge in [0.25, 0.3) is 11.8 Å². The predicted molar refractivity (Wildman–Crippen MR) is 121 cm³/mol. The first-order valence-corrected chi connectivity index (χ1v) is 9.51. The van der Waals surface area contributed by atoms with E-state index >= 15 is 0 Å². The molecule has 0 aliphatic rings. The molecule has 0 radical (unpaired) electrons. The number of nitrogens with one attached hydrogen (secondary N) is 2. The highest BCUT2D eigenvalue weighted by Gasteiger charge is 2.07. The molecule has 0 spiro atoms. The normalized spacial score (nSPS) is 10.6. The molecule has 0 heterocycles. The largest absolute Gasteiger partial charge is 0.378 e. The number of nitrogens with zero attached hydrogens (tertiary/aromatic N) is 2. The lowest BCUT2D eigenvalue weighted by Gasteiger charge is -2.12. The van der Waals surface area contributed by atoms with Gasteiger partial charge in [-0.25, -0.2) is 5.43 Å². The second-order valence-electron chi connectivity index (χ2n) is 7.09. The average molecular weight is 400 g/mol. The van der Waals surface area contributed by atoms with Gasteiger partial charge >= 0.3 is 0 Å². The zero-order valence-corrected chi connectivity index (χ0v) is 17.2. The summed E-state index contributed by atoms with van der Waals surface area (Å²) in [5.74, 6) is -0.475.